The molecule has 1 unspecified atom stereocenters. The fourth-order valence-corrected chi connectivity index (χ4v) is 5.49. The first-order valence-corrected chi connectivity index (χ1v) is 11.9. The van der Waals surface area contributed by atoms with Gasteiger partial charge in [0.25, 0.3) is 0 Å². The molecule has 0 spiro atoms. The van der Waals surface area contributed by atoms with E-state index < -0.39 is 0 Å². The van der Waals surface area contributed by atoms with E-state index in [-0.39, 0.29) is 13.3 Å². The summed E-state index contributed by atoms with van der Waals surface area (Å²) in [5, 5.41) is 13.4. The molecule has 2 aromatic rings. The highest BCUT2D eigenvalue weighted by molar-refractivity contribution is 7.57. The monoisotopic (exact) mass is 360 g/mol. The van der Waals surface area contributed by atoms with Crippen LogP contribution in [-0.2, 0) is 11.6 Å². The molecule has 0 heterocycles. The van der Waals surface area contributed by atoms with Crippen molar-refractivity contribution in [2.75, 3.05) is 13.3 Å². The SMILES string of the molecule is Cc1cc(Pc2c(C)cccc2CP(C)C)c(O)c(C(C)(C)C)c1. The summed E-state index contributed by atoms with van der Waals surface area (Å²) >= 11 is 0. The van der Waals surface area contributed by atoms with Crippen molar-refractivity contribution < 1.29 is 5.11 Å². The first-order valence-electron chi connectivity index (χ1n) is 8.44. The maximum absolute atomic E-state index is 10.9. The van der Waals surface area contributed by atoms with E-state index in [1.807, 2.05) is 0 Å². The highest BCUT2D eigenvalue weighted by Gasteiger charge is 2.21. The van der Waals surface area contributed by atoms with Gasteiger partial charge >= 0.3 is 0 Å². The predicted octanol–water partition coefficient (Wildman–Crippen LogP) is 5.18. The summed E-state index contributed by atoms with van der Waals surface area (Å²) in [6.45, 7) is 15.5. The van der Waals surface area contributed by atoms with Gasteiger partial charge in [-0.3, -0.25) is 0 Å². The maximum Gasteiger partial charge on any atom is 0.127 e. The summed E-state index contributed by atoms with van der Waals surface area (Å²) in [6, 6.07) is 10.9. The second kappa shape index (κ2) is 7.55. The van der Waals surface area contributed by atoms with Crippen LogP contribution in [0.4, 0.5) is 0 Å². The number of aromatic hydroxyl groups is 1. The number of aryl methyl sites for hydroxylation is 2. The molecule has 0 saturated carbocycles. The third kappa shape index (κ3) is 4.59. The summed E-state index contributed by atoms with van der Waals surface area (Å²) in [5.41, 5.74) is 5.01. The molecule has 0 aliphatic carbocycles. The van der Waals surface area contributed by atoms with Gasteiger partial charge in [0, 0.05) is 10.9 Å². The lowest BCUT2D eigenvalue weighted by Gasteiger charge is -2.23. The Hall–Kier alpha value is -0.900. The molecule has 0 bridgehead atoms. The Kier molecular flexibility index (Phi) is 6.11. The van der Waals surface area contributed by atoms with E-state index in [1.165, 1.54) is 22.0 Å². The summed E-state index contributed by atoms with van der Waals surface area (Å²) in [7, 11) is 0.528. The first-order chi connectivity index (χ1) is 11.1. The molecule has 1 N–H and O–H groups in total. The van der Waals surface area contributed by atoms with Crippen molar-refractivity contribution in [2.45, 2.75) is 46.2 Å². The Labute approximate surface area is 150 Å². The van der Waals surface area contributed by atoms with Gasteiger partial charge in [-0.1, -0.05) is 53.6 Å². The van der Waals surface area contributed by atoms with Crippen LogP contribution in [0, 0.1) is 13.8 Å². The molecule has 3 heteroatoms. The predicted molar refractivity (Wildman–Crippen MR) is 113 cm³/mol. The molecule has 1 nitrogen and oxygen atoms in total. The first kappa shape index (κ1) is 19.4. The Morgan fingerprint density at radius 2 is 1.75 bits per heavy atom. The standard InChI is InChI=1S/C21H30OP2/c1-14-11-17(21(3,4)5)19(22)18(12-14)23-20-15(2)9-8-10-16(20)13-24(6)7/h8-12,22-23H,13H2,1-7H3. The third-order valence-electron chi connectivity index (χ3n) is 4.17. The lowest BCUT2D eigenvalue weighted by atomic mass is 9.85. The summed E-state index contributed by atoms with van der Waals surface area (Å²) in [5.74, 6) is 0.482. The van der Waals surface area contributed by atoms with Gasteiger partial charge in [-0.15, -0.1) is 7.92 Å². The van der Waals surface area contributed by atoms with E-state index in [0.717, 1.165) is 17.0 Å². The van der Waals surface area contributed by atoms with Crippen molar-refractivity contribution in [3.05, 3.63) is 52.6 Å². The Morgan fingerprint density at radius 3 is 2.33 bits per heavy atom. The molecule has 24 heavy (non-hydrogen) atoms. The second-order valence-corrected chi connectivity index (χ2v) is 11.7. The smallest absolute Gasteiger partial charge is 0.127 e. The highest BCUT2D eigenvalue weighted by Crippen LogP contribution is 2.35. The van der Waals surface area contributed by atoms with E-state index in [1.54, 1.807) is 0 Å². The zero-order valence-electron chi connectivity index (χ0n) is 16.0. The highest BCUT2D eigenvalue weighted by atomic mass is 31.1. The molecule has 130 valence electrons. The van der Waals surface area contributed by atoms with Gasteiger partial charge in [0.2, 0.25) is 0 Å². The van der Waals surface area contributed by atoms with Gasteiger partial charge in [-0.05, 0) is 66.8 Å². The van der Waals surface area contributed by atoms with Crippen LogP contribution < -0.4 is 10.6 Å². The number of phenols is 1. The van der Waals surface area contributed by atoms with E-state index in [0.29, 0.717) is 14.3 Å². The molecule has 0 fully saturated rings. The van der Waals surface area contributed by atoms with Crippen molar-refractivity contribution in [1.82, 2.24) is 0 Å². The van der Waals surface area contributed by atoms with Crippen LogP contribution in [0.25, 0.3) is 0 Å². The molecule has 0 radical (unpaired) electrons. The van der Waals surface area contributed by atoms with Crippen LogP contribution in [0.15, 0.2) is 30.3 Å². The van der Waals surface area contributed by atoms with Crippen molar-refractivity contribution >= 4 is 27.1 Å². The Bertz CT molecular complexity index is 727. The van der Waals surface area contributed by atoms with Crippen LogP contribution in [0.2, 0.25) is 0 Å². The summed E-state index contributed by atoms with van der Waals surface area (Å²) in [6.07, 6.45) is 1.15. The van der Waals surface area contributed by atoms with Gasteiger partial charge in [-0.2, -0.15) is 0 Å². The van der Waals surface area contributed by atoms with Crippen LogP contribution in [0.3, 0.4) is 0 Å². The molecule has 0 saturated heterocycles. The lowest BCUT2D eigenvalue weighted by molar-refractivity contribution is 0.450. The zero-order valence-corrected chi connectivity index (χ0v) is 17.9. The van der Waals surface area contributed by atoms with Crippen LogP contribution in [0.1, 0.15) is 43.0 Å². The minimum Gasteiger partial charge on any atom is -0.507 e. The van der Waals surface area contributed by atoms with Crippen molar-refractivity contribution in [3.63, 3.8) is 0 Å². The number of hydrogen-bond acceptors (Lipinski definition) is 1. The van der Waals surface area contributed by atoms with E-state index >= 15 is 0 Å². The van der Waals surface area contributed by atoms with Crippen LogP contribution in [-0.4, -0.2) is 18.4 Å². The van der Waals surface area contributed by atoms with Crippen molar-refractivity contribution in [2.24, 2.45) is 0 Å². The normalized spacial score (nSPS) is 12.5. The number of rotatable bonds is 4. The molecule has 2 rings (SSSR count). The van der Waals surface area contributed by atoms with Crippen molar-refractivity contribution in [1.29, 1.82) is 0 Å². The van der Waals surface area contributed by atoms with Crippen LogP contribution >= 0.6 is 16.5 Å². The van der Waals surface area contributed by atoms with Gasteiger partial charge in [0.15, 0.2) is 0 Å². The quantitative estimate of drug-likeness (QED) is 0.745. The molecule has 0 aliphatic rings. The molecule has 0 amide bonds. The third-order valence-corrected chi connectivity index (χ3v) is 6.76. The lowest BCUT2D eigenvalue weighted by Crippen LogP contribution is -2.18. The average molecular weight is 360 g/mol. The van der Waals surface area contributed by atoms with Crippen LogP contribution in [0.5, 0.6) is 5.75 Å². The number of hydrogen-bond donors (Lipinski definition) is 1. The Balaban J connectivity index is 2.51. The number of benzene rings is 2. The zero-order chi connectivity index (χ0) is 18.1. The van der Waals surface area contributed by atoms with Gasteiger partial charge in [0.1, 0.15) is 5.75 Å². The van der Waals surface area contributed by atoms with Gasteiger partial charge < -0.3 is 5.11 Å². The van der Waals surface area contributed by atoms with E-state index in [4.69, 9.17) is 0 Å². The van der Waals surface area contributed by atoms with E-state index in [9.17, 15) is 5.11 Å². The van der Waals surface area contributed by atoms with Crippen molar-refractivity contribution in [3.8, 4) is 5.75 Å². The average Bonchev–Trinajstić information content (AvgIpc) is 2.44. The number of phenolic OH excluding ortho intramolecular Hbond substituents is 1. The second-order valence-electron chi connectivity index (χ2n) is 7.93. The maximum atomic E-state index is 10.9. The minimum absolute atomic E-state index is 0.0234. The molecule has 0 aromatic heterocycles. The largest absolute Gasteiger partial charge is 0.507 e. The topological polar surface area (TPSA) is 20.2 Å². The molecular formula is C21H30OP2. The fraction of sp³-hybridized carbons (Fsp3) is 0.429. The van der Waals surface area contributed by atoms with E-state index in [2.05, 4.69) is 78.3 Å². The molecule has 1 atom stereocenters. The molecule has 0 aliphatic heterocycles. The Morgan fingerprint density at radius 1 is 1.08 bits per heavy atom. The molecule has 2 aromatic carbocycles. The molecular weight excluding hydrogens is 330 g/mol. The van der Waals surface area contributed by atoms with Gasteiger partial charge in [0.05, 0.1) is 0 Å². The fourth-order valence-electron chi connectivity index (χ4n) is 2.96. The summed E-state index contributed by atoms with van der Waals surface area (Å²) < 4.78 is 0. The van der Waals surface area contributed by atoms with Gasteiger partial charge in [-0.25, -0.2) is 0 Å². The minimum atomic E-state index is -0.0505. The summed E-state index contributed by atoms with van der Waals surface area (Å²) in [4.78, 5) is 0.